The molecule has 2 aromatic rings. The SMILES string of the molecule is CCOC(c1ccccc1)c1ccc(C(=O)O)cc1. The van der Waals surface area contributed by atoms with Crippen LogP contribution in [-0.4, -0.2) is 17.7 Å². The smallest absolute Gasteiger partial charge is 0.335 e. The molecule has 0 bridgehead atoms. The molecular weight excluding hydrogens is 240 g/mol. The third-order valence-corrected chi connectivity index (χ3v) is 2.90. The summed E-state index contributed by atoms with van der Waals surface area (Å²) in [4.78, 5) is 10.8. The maximum absolute atomic E-state index is 10.8. The fraction of sp³-hybridized carbons (Fsp3) is 0.188. The van der Waals surface area contributed by atoms with Gasteiger partial charge in [-0.2, -0.15) is 0 Å². The van der Waals surface area contributed by atoms with Gasteiger partial charge in [0.1, 0.15) is 6.10 Å². The van der Waals surface area contributed by atoms with Gasteiger partial charge in [-0.15, -0.1) is 0 Å². The highest BCUT2D eigenvalue weighted by atomic mass is 16.5. The van der Waals surface area contributed by atoms with Gasteiger partial charge in [0.2, 0.25) is 0 Å². The van der Waals surface area contributed by atoms with Crippen LogP contribution in [0.15, 0.2) is 54.6 Å². The minimum Gasteiger partial charge on any atom is -0.478 e. The molecule has 1 unspecified atom stereocenters. The predicted molar refractivity (Wildman–Crippen MR) is 73.3 cm³/mol. The van der Waals surface area contributed by atoms with E-state index in [1.54, 1.807) is 24.3 Å². The highest BCUT2D eigenvalue weighted by Gasteiger charge is 2.14. The molecule has 1 atom stereocenters. The lowest BCUT2D eigenvalue weighted by atomic mass is 10.0. The zero-order valence-electron chi connectivity index (χ0n) is 10.7. The monoisotopic (exact) mass is 256 g/mol. The van der Waals surface area contributed by atoms with Crippen LogP contribution in [0.2, 0.25) is 0 Å². The molecule has 1 N–H and O–H groups in total. The number of carboxylic acids is 1. The molecule has 0 heterocycles. The van der Waals surface area contributed by atoms with E-state index in [-0.39, 0.29) is 11.7 Å². The largest absolute Gasteiger partial charge is 0.478 e. The number of ether oxygens (including phenoxy) is 1. The van der Waals surface area contributed by atoms with Gasteiger partial charge in [-0.05, 0) is 30.2 Å². The Kier molecular flexibility index (Phi) is 4.31. The van der Waals surface area contributed by atoms with Gasteiger partial charge >= 0.3 is 5.97 Å². The van der Waals surface area contributed by atoms with E-state index in [1.807, 2.05) is 37.3 Å². The molecule has 0 aliphatic heterocycles. The van der Waals surface area contributed by atoms with E-state index in [0.717, 1.165) is 11.1 Å². The van der Waals surface area contributed by atoms with Gasteiger partial charge in [0.25, 0.3) is 0 Å². The van der Waals surface area contributed by atoms with Crippen LogP contribution in [0.1, 0.15) is 34.5 Å². The predicted octanol–water partition coefficient (Wildman–Crippen LogP) is 3.51. The lowest BCUT2D eigenvalue weighted by Gasteiger charge is -2.18. The molecule has 0 aliphatic rings. The summed E-state index contributed by atoms with van der Waals surface area (Å²) in [5.41, 5.74) is 2.30. The number of carbonyl (C=O) groups is 1. The van der Waals surface area contributed by atoms with Crippen molar-refractivity contribution in [2.24, 2.45) is 0 Å². The summed E-state index contributed by atoms with van der Waals surface area (Å²) >= 11 is 0. The van der Waals surface area contributed by atoms with Gasteiger partial charge in [-0.3, -0.25) is 0 Å². The minimum atomic E-state index is -0.917. The van der Waals surface area contributed by atoms with E-state index in [0.29, 0.717) is 6.61 Å². The Morgan fingerprint density at radius 1 is 1.05 bits per heavy atom. The van der Waals surface area contributed by atoms with Crippen LogP contribution < -0.4 is 0 Å². The normalized spacial score (nSPS) is 12.1. The second kappa shape index (κ2) is 6.16. The molecule has 3 nitrogen and oxygen atoms in total. The zero-order valence-corrected chi connectivity index (χ0v) is 10.7. The standard InChI is InChI=1S/C16H16O3/c1-2-19-15(12-6-4-3-5-7-12)13-8-10-14(11-9-13)16(17)18/h3-11,15H,2H2,1H3,(H,17,18). The van der Waals surface area contributed by atoms with Gasteiger partial charge in [0.15, 0.2) is 0 Å². The molecule has 0 spiro atoms. The summed E-state index contributed by atoms with van der Waals surface area (Å²) < 4.78 is 5.77. The van der Waals surface area contributed by atoms with Gasteiger partial charge in [0, 0.05) is 6.61 Å². The maximum atomic E-state index is 10.8. The van der Waals surface area contributed by atoms with Crippen molar-refractivity contribution in [3.8, 4) is 0 Å². The third-order valence-electron chi connectivity index (χ3n) is 2.90. The number of rotatable bonds is 5. The summed E-state index contributed by atoms with van der Waals surface area (Å²) in [5, 5.41) is 8.90. The lowest BCUT2D eigenvalue weighted by molar-refractivity contribution is 0.0696. The number of carboxylic acid groups (broad SMARTS) is 1. The highest BCUT2D eigenvalue weighted by molar-refractivity contribution is 5.87. The maximum Gasteiger partial charge on any atom is 0.335 e. The Morgan fingerprint density at radius 3 is 2.16 bits per heavy atom. The highest BCUT2D eigenvalue weighted by Crippen LogP contribution is 2.26. The van der Waals surface area contributed by atoms with Crippen LogP contribution in [0.4, 0.5) is 0 Å². The average Bonchev–Trinajstić information content (AvgIpc) is 2.46. The first kappa shape index (κ1) is 13.3. The number of hydrogen-bond donors (Lipinski definition) is 1. The van der Waals surface area contributed by atoms with Gasteiger partial charge < -0.3 is 9.84 Å². The zero-order chi connectivity index (χ0) is 13.7. The Bertz CT molecular complexity index is 532. The van der Waals surface area contributed by atoms with Crippen molar-refractivity contribution in [1.29, 1.82) is 0 Å². The quantitative estimate of drug-likeness (QED) is 0.890. The molecule has 0 aliphatic carbocycles. The van der Waals surface area contributed by atoms with Crippen LogP contribution >= 0.6 is 0 Å². The first-order chi connectivity index (χ1) is 9.22. The van der Waals surface area contributed by atoms with Crippen LogP contribution in [0.25, 0.3) is 0 Å². The Labute approximate surface area is 112 Å². The summed E-state index contributed by atoms with van der Waals surface area (Å²) in [6.45, 7) is 2.54. The fourth-order valence-electron chi connectivity index (χ4n) is 1.98. The van der Waals surface area contributed by atoms with E-state index in [9.17, 15) is 4.79 Å². The Balaban J connectivity index is 2.31. The van der Waals surface area contributed by atoms with Crippen LogP contribution in [0.5, 0.6) is 0 Å². The molecule has 0 radical (unpaired) electrons. The van der Waals surface area contributed by atoms with Crippen molar-refractivity contribution >= 4 is 5.97 Å². The van der Waals surface area contributed by atoms with Crippen molar-refractivity contribution < 1.29 is 14.6 Å². The van der Waals surface area contributed by atoms with Crippen LogP contribution in [-0.2, 0) is 4.74 Å². The summed E-state index contributed by atoms with van der Waals surface area (Å²) in [6.07, 6.45) is -0.158. The average molecular weight is 256 g/mol. The van der Waals surface area contributed by atoms with E-state index >= 15 is 0 Å². The Morgan fingerprint density at radius 2 is 1.63 bits per heavy atom. The van der Waals surface area contributed by atoms with Crippen molar-refractivity contribution in [3.05, 3.63) is 71.3 Å². The van der Waals surface area contributed by atoms with E-state index in [2.05, 4.69) is 0 Å². The first-order valence-electron chi connectivity index (χ1n) is 6.22. The van der Waals surface area contributed by atoms with Crippen molar-refractivity contribution in [2.45, 2.75) is 13.0 Å². The topological polar surface area (TPSA) is 46.5 Å². The second-order valence-corrected chi connectivity index (χ2v) is 4.17. The molecule has 0 aromatic heterocycles. The molecule has 0 fully saturated rings. The van der Waals surface area contributed by atoms with E-state index < -0.39 is 5.97 Å². The molecule has 98 valence electrons. The first-order valence-corrected chi connectivity index (χ1v) is 6.22. The van der Waals surface area contributed by atoms with Gasteiger partial charge in [-0.25, -0.2) is 4.79 Å². The molecule has 0 amide bonds. The number of benzene rings is 2. The molecule has 2 aromatic carbocycles. The molecule has 0 saturated heterocycles. The number of hydrogen-bond acceptors (Lipinski definition) is 2. The summed E-state index contributed by atoms with van der Waals surface area (Å²) in [7, 11) is 0. The van der Waals surface area contributed by atoms with Crippen molar-refractivity contribution in [2.75, 3.05) is 6.61 Å². The molecule has 0 saturated carbocycles. The number of aromatic carboxylic acids is 1. The van der Waals surface area contributed by atoms with Crippen LogP contribution in [0.3, 0.4) is 0 Å². The van der Waals surface area contributed by atoms with E-state index in [4.69, 9.17) is 9.84 Å². The fourth-order valence-corrected chi connectivity index (χ4v) is 1.98. The summed E-state index contributed by atoms with van der Waals surface area (Å²) in [6, 6.07) is 16.7. The third kappa shape index (κ3) is 3.20. The van der Waals surface area contributed by atoms with Crippen molar-refractivity contribution in [1.82, 2.24) is 0 Å². The molecule has 2 rings (SSSR count). The van der Waals surface area contributed by atoms with Crippen LogP contribution in [0, 0.1) is 0 Å². The lowest BCUT2D eigenvalue weighted by Crippen LogP contribution is -2.06. The Hall–Kier alpha value is -2.13. The van der Waals surface area contributed by atoms with Gasteiger partial charge in [0.05, 0.1) is 5.56 Å². The molecule has 3 heteroatoms. The molecule has 19 heavy (non-hydrogen) atoms. The van der Waals surface area contributed by atoms with E-state index in [1.165, 1.54) is 0 Å². The molecular formula is C16H16O3. The summed E-state index contributed by atoms with van der Waals surface area (Å²) in [5.74, 6) is -0.917. The minimum absolute atomic E-state index is 0.158. The van der Waals surface area contributed by atoms with Crippen molar-refractivity contribution in [3.63, 3.8) is 0 Å². The second-order valence-electron chi connectivity index (χ2n) is 4.17. The van der Waals surface area contributed by atoms with Gasteiger partial charge in [-0.1, -0.05) is 42.5 Å².